The minimum absolute atomic E-state index is 0.158. The van der Waals surface area contributed by atoms with Gasteiger partial charge in [-0.15, -0.1) is 0 Å². The molecular weight excluding hydrogens is 208 g/mol. The summed E-state index contributed by atoms with van der Waals surface area (Å²) in [5, 5.41) is 1.43. The first-order valence-corrected chi connectivity index (χ1v) is 6.41. The summed E-state index contributed by atoms with van der Waals surface area (Å²) in [5.74, 6) is 0. The van der Waals surface area contributed by atoms with E-state index in [1.54, 1.807) is 0 Å². The van der Waals surface area contributed by atoms with E-state index < -0.39 is 0 Å². The first-order valence-electron chi connectivity index (χ1n) is 6.41. The molecule has 1 aliphatic rings. The number of nitrogens with zero attached hydrogens (tertiary/aromatic N) is 1. The molecule has 1 saturated carbocycles. The number of aryl methyl sites for hydroxylation is 3. The van der Waals surface area contributed by atoms with Crippen LogP contribution >= 0.6 is 0 Å². The third-order valence-electron chi connectivity index (χ3n) is 4.09. The van der Waals surface area contributed by atoms with Crippen LogP contribution in [-0.2, 0) is 13.5 Å². The second-order valence-electron chi connectivity index (χ2n) is 5.60. The Bertz CT molecular complexity index is 562. The largest absolute Gasteiger partial charge is 0.350 e. The van der Waals surface area contributed by atoms with Gasteiger partial charge in [0.05, 0.1) is 0 Å². The number of rotatable bonds is 3. The Hall–Kier alpha value is -1.28. The van der Waals surface area contributed by atoms with Crippen molar-refractivity contribution in [3.63, 3.8) is 0 Å². The first kappa shape index (κ1) is 10.8. The van der Waals surface area contributed by atoms with Crippen LogP contribution < -0.4 is 5.73 Å². The molecule has 0 amide bonds. The number of hydrogen-bond donors (Lipinski definition) is 1. The fourth-order valence-electron chi connectivity index (χ4n) is 2.72. The molecule has 17 heavy (non-hydrogen) atoms. The van der Waals surface area contributed by atoms with Gasteiger partial charge in [0.2, 0.25) is 0 Å². The average Bonchev–Trinajstić information content (AvgIpc) is 2.94. The highest BCUT2D eigenvalue weighted by molar-refractivity contribution is 5.87. The Balaban J connectivity index is 1.98. The Labute approximate surface area is 102 Å². The van der Waals surface area contributed by atoms with Gasteiger partial charge in [-0.25, -0.2) is 0 Å². The van der Waals surface area contributed by atoms with Crippen molar-refractivity contribution in [2.24, 2.45) is 12.8 Å². The molecule has 2 heteroatoms. The Morgan fingerprint density at radius 1 is 1.35 bits per heavy atom. The maximum Gasteiger partial charge on any atom is 0.0483 e. The lowest BCUT2D eigenvalue weighted by molar-refractivity contribution is 0.610. The lowest BCUT2D eigenvalue weighted by atomic mass is 10.0. The molecule has 2 nitrogen and oxygen atoms in total. The zero-order valence-corrected chi connectivity index (χ0v) is 10.7. The Kier molecular flexibility index (Phi) is 2.30. The summed E-state index contributed by atoms with van der Waals surface area (Å²) in [6.45, 7) is 2.20. The van der Waals surface area contributed by atoms with E-state index in [1.807, 2.05) is 0 Å². The van der Waals surface area contributed by atoms with E-state index in [0.717, 1.165) is 12.8 Å². The highest BCUT2D eigenvalue weighted by Crippen LogP contribution is 2.37. The zero-order chi connectivity index (χ0) is 12.0. The summed E-state index contributed by atoms with van der Waals surface area (Å²) in [6, 6.07) is 6.52. The van der Waals surface area contributed by atoms with Gasteiger partial charge in [0.15, 0.2) is 0 Å². The highest BCUT2D eigenvalue weighted by atomic mass is 14.9. The van der Waals surface area contributed by atoms with Crippen molar-refractivity contribution in [2.45, 2.75) is 38.1 Å². The maximum atomic E-state index is 6.18. The highest BCUT2D eigenvalue weighted by Gasteiger charge is 2.37. The van der Waals surface area contributed by atoms with E-state index >= 15 is 0 Å². The van der Waals surface area contributed by atoms with Crippen LogP contribution in [0.3, 0.4) is 0 Å². The first-order chi connectivity index (χ1) is 8.09. The zero-order valence-electron chi connectivity index (χ0n) is 10.7. The summed E-state index contributed by atoms with van der Waals surface area (Å²) in [7, 11) is 2.13. The predicted octanol–water partition coefficient (Wildman–Crippen LogP) is 2.91. The summed E-state index contributed by atoms with van der Waals surface area (Å²) < 4.78 is 2.23. The van der Waals surface area contributed by atoms with E-state index in [1.165, 1.54) is 34.9 Å². The average molecular weight is 228 g/mol. The fourth-order valence-corrected chi connectivity index (χ4v) is 2.72. The van der Waals surface area contributed by atoms with Crippen LogP contribution in [0.5, 0.6) is 0 Å². The van der Waals surface area contributed by atoms with Crippen LogP contribution in [0.4, 0.5) is 0 Å². The molecular formula is C15H20N2. The molecule has 0 spiro atoms. The second kappa shape index (κ2) is 3.61. The second-order valence-corrected chi connectivity index (χ2v) is 5.60. The predicted molar refractivity (Wildman–Crippen MR) is 72.1 cm³/mol. The van der Waals surface area contributed by atoms with Crippen LogP contribution in [0.25, 0.3) is 10.9 Å². The van der Waals surface area contributed by atoms with E-state index in [2.05, 4.69) is 42.9 Å². The number of benzene rings is 1. The van der Waals surface area contributed by atoms with Gasteiger partial charge in [-0.1, -0.05) is 12.1 Å². The molecule has 1 aromatic heterocycles. The molecule has 0 saturated heterocycles. The summed E-state index contributed by atoms with van der Waals surface area (Å²) in [6.07, 6.45) is 6.91. The molecule has 2 aromatic rings. The van der Waals surface area contributed by atoms with E-state index in [9.17, 15) is 0 Å². The van der Waals surface area contributed by atoms with Gasteiger partial charge in [0.25, 0.3) is 0 Å². The number of fused-ring (bicyclic) bond motifs is 1. The smallest absolute Gasteiger partial charge is 0.0483 e. The van der Waals surface area contributed by atoms with Crippen molar-refractivity contribution in [2.75, 3.05) is 0 Å². The molecule has 2 N–H and O–H groups in total. The van der Waals surface area contributed by atoms with Crippen molar-refractivity contribution >= 4 is 10.9 Å². The lowest BCUT2D eigenvalue weighted by Crippen LogP contribution is -2.22. The van der Waals surface area contributed by atoms with Gasteiger partial charge < -0.3 is 10.3 Å². The van der Waals surface area contributed by atoms with Crippen molar-refractivity contribution in [3.05, 3.63) is 35.5 Å². The van der Waals surface area contributed by atoms with Crippen LogP contribution in [-0.4, -0.2) is 10.1 Å². The SMILES string of the molecule is Cc1cccc2c1c(CCC1(N)CC1)cn2C. The summed E-state index contributed by atoms with van der Waals surface area (Å²) in [5.41, 5.74) is 10.5. The Morgan fingerprint density at radius 2 is 2.12 bits per heavy atom. The van der Waals surface area contributed by atoms with E-state index in [4.69, 9.17) is 5.73 Å². The van der Waals surface area contributed by atoms with Crippen molar-refractivity contribution in [1.82, 2.24) is 4.57 Å². The van der Waals surface area contributed by atoms with Gasteiger partial charge in [-0.2, -0.15) is 0 Å². The third kappa shape index (κ3) is 1.87. The summed E-state index contributed by atoms with van der Waals surface area (Å²) in [4.78, 5) is 0. The van der Waals surface area contributed by atoms with Gasteiger partial charge >= 0.3 is 0 Å². The topological polar surface area (TPSA) is 30.9 Å². The molecule has 90 valence electrons. The molecule has 0 unspecified atom stereocenters. The quantitative estimate of drug-likeness (QED) is 0.860. The van der Waals surface area contributed by atoms with Crippen LogP contribution in [0.1, 0.15) is 30.4 Å². The van der Waals surface area contributed by atoms with Gasteiger partial charge in [-0.3, -0.25) is 0 Å². The molecule has 0 radical (unpaired) electrons. The molecule has 0 atom stereocenters. The minimum Gasteiger partial charge on any atom is -0.350 e. The molecule has 1 fully saturated rings. The van der Waals surface area contributed by atoms with E-state index in [-0.39, 0.29) is 5.54 Å². The lowest BCUT2D eigenvalue weighted by Gasteiger charge is -2.07. The standard InChI is InChI=1S/C15H20N2/c1-11-4-3-5-13-14(11)12(10-17(13)2)6-7-15(16)8-9-15/h3-5,10H,6-9,16H2,1-2H3. The molecule has 1 heterocycles. The molecule has 1 aliphatic carbocycles. The van der Waals surface area contributed by atoms with Crippen LogP contribution in [0.2, 0.25) is 0 Å². The minimum atomic E-state index is 0.158. The fraction of sp³-hybridized carbons (Fsp3) is 0.467. The Morgan fingerprint density at radius 3 is 2.82 bits per heavy atom. The van der Waals surface area contributed by atoms with Crippen LogP contribution in [0.15, 0.2) is 24.4 Å². The van der Waals surface area contributed by atoms with Crippen LogP contribution in [0, 0.1) is 6.92 Å². The maximum absolute atomic E-state index is 6.18. The van der Waals surface area contributed by atoms with Crippen molar-refractivity contribution < 1.29 is 0 Å². The van der Waals surface area contributed by atoms with Crippen molar-refractivity contribution in [3.8, 4) is 0 Å². The molecule has 3 rings (SSSR count). The normalized spacial score (nSPS) is 17.6. The molecule has 0 bridgehead atoms. The third-order valence-corrected chi connectivity index (χ3v) is 4.09. The number of aromatic nitrogens is 1. The van der Waals surface area contributed by atoms with Gasteiger partial charge in [0, 0.05) is 29.7 Å². The van der Waals surface area contributed by atoms with Gasteiger partial charge in [-0.05, 0) is 49.8 Å². The molecule has 0 aliphatic heterocycles. The summed E-state index contributed by atoms with van der Waals surface area (Å²) >= 11 is 0. The monoisotopic (exact) mass is 228 g/mol. The number of nitrogens with two attached hydrogens (primary N) is 1. The number of hydrogen-bond acceptors (Lipinski definition) is 1. The van der Waals surface area contributed by atoms with E-state index in [0.29, 0.717) is 0 Å². The van der Waals surface area contributed by atoms with Crippen molar-refractivity contribution in [1.29, 1.82) is 0 Å². The van der Waals surface area contributed by atoms with Gasteiger partial charge in [0.1, 0.15) is 0 Å². The molecule has 1 aromatic carbocycles.